The first-order chi connectivity index (χ1) is 8.08. The van der Waals surface area contributed by atoms with Gasteiger partial charge >= 0.3 is 5.69 Å². The average molecular weight is 240 g/mol. The predicted octanol–water partition coefficient (Wildman–Crippen LogP) is 1.26. The summed E-state index contributed by atoms with van der Waals surface area (Å²) in [6.45, 7) is 8.96. The second-order valence-corrected chi connectivity index (χ2v) is 3.77. The van der Waals surface area contributed by atoms with Gasteiger partial charge in [0.1, 0.15) is 0 Å². The Balaban J connectivity index is 2.89. The number of aromatic nitrogens is 2. The van der Waals surface area contributed by atoms with Crippen LogP contribution in [0.1, 0.15) is 25.2 Å². The molecule has 0 aliphatic heterocycles. The molecule has 0 saturated heterocycles. The monoisotopic (exact) mass is 240 g/mol. The van der Waals surface area contributed by atoms with E-state index in [9.17, 15) is 4.79 Å². The highest BCUT2D eigenvalue weighted by Crippen LogP contribution is 2.02. The molecule has 5 nitrogen and oxygen atoms in total. The molecule has 1 aromatic rings. The van der Waals surface area contributed by atoms with Crippen molar-refractivity contribution < 1.29 is 9.47 Å². The van der Waals surface area contributed by atoms with Crippen LogP contribution in [0, 0.1) is 13.8 Å². The maximum atomic E-state index is 11.7. The quantitative estimate of drug-likeness (QED) is 0.702. The lowest BCUT2D eigenvalue weighted by atomic mass is 10.3. The largest absolute Gasteiger partial charge is 0.351 e. The van der Waals surface area contributed by atoms with Gasteiger partial charge in [-0.15, -0.1) is 0 Å². The smallest absolute Gasteiger partial charge is 0.348 e. The third kappa shape index (κ3) is 3.94. The third-order valence-corrected chi connectivity index (χ3v) is 2.38. The molecule has 1 aromatic heterocycles. The van der Waals surface area contributed by atoms with Crippen LogP contribution in [-0.2, 0) is 16.0 Å². The van der Waals surface area contributed by atoms with Crippen LogP contribution in [0.2, 0.25) is 0 Å². The minimum atomic E-state index is -0.397. The first-order valence-electron chi connectivity index (χ1n) is 5.86. The van der Waals surface area contributed by atoms with E-state index in [1.54, 1.807) is 11.5 Å². The van der Waals surface area contributed by atoms with Crippen LogP contribution < -0.4 is 5.69 Å². The molecule has 0 aliphatic carbocycles. The number of ether oxygens (including phenoxy) is 2. The molecule has 1 heterocycles. The molecule has 0 saturated carbocycles. The molecule has 0 fully saturated rings. The summed E-state index contributed by atoms with van der Waals surface area (Å²) in [6, 6.07) is 1.87. The highest BCUT2D eigenvalue weighted by Gasteiger charge is 2.12. The molecule has 17 heavy (non-hydrogen) atoms. The molecule has 0 spiro atoms. The fourth-order valence-electron chi connectivity index (χ4n) is 1.67. The average Bonchev–Trinajstić information content (AvgIpc) is 2.23. The van der Waals surface area contributed by atoms with Gasteiger partial charge in [0.25, 0.3) is 0 Å². The maximum absolute atomic E-state index is 11.7. The highest BCUT2D eigenvalue weighted by molar-refractivity contribution is 5.06. The summed E-state index contributed by atoms with van der Waals surface area (Å²) in [7, 11) is 0. The lowest BCUT2D eigenvalue weighted by molar-refractivity contribution is -0.144. The van der Waals surface area contributed by atoms with E-state index < -0.39 is 6.29 Å². The second kappa shape index (κ2) is 6.51. The van der Waals surface area contributed by atoms with Crippen molar-refractivity contribution in [1.29, 1.82) is 0 Å². The fourth-order valence-corrected chi connectivity index (χ4v) is 1.67. The van der Waals surface area contributed by atoms with E-state index >= 15 is 0 Å². The second-order valence-electron chi connectivity index (χ2n) is 3.77. The summed E-state index contributed by atoms with van der Waals surface area (Å²) in [6.07, 6.45) is -0.397. The summed E-state index contributed by atoms with van der Waals surface area (Å²) in [5.41, 5.74) is 1.34. The topological polar surface area (TPSA) is 53.4 Å². The first kappa shape index (κ1) is 13.9. The molecule has 0 aromatic carbocycles. The van der Waals surface area contributed by atoms with Crippen molar-refractivity contribution in [2.24, 2.45) is 0 Å². The number of nitrogens with zero attached hydrogens (tertiary/aromatic N) is 2. The molecule has 5 heteroatoms. The molecule has 1 rings (SSSR count). The van der Waals surface area contributed by atoms with Crippen molar-refractivity contribution in [2.75, 3.05) is 13.2 Å². The van der Waals surface area contributed by atoms with Gasteiger partial charge in [0.05, 0.1) is 6.54 Å². The van der Waals surface area contributed by atoms with E-state index in [-0.39, 0.29) is 5.69 Å². The zero-order valence-corrected chi connectivity index (χ0v) is 10.9. The Morgan fingerprint density at radius 1 is 1.29 bits per heavy atom. The number of rotatable bonds is 6. The summed E-state index contributed by atoms with van der Waals surface area (Å²) >= 11 is 0. The molecule has 0 radical (unpaired) electrons. The third-order valence-electron chi connectivity index (χ3n) is 2.38. The minimum absolute atomic E-state index is 0.257. The summed E-state index contributed by atoms with van der Waals surface area (Å²) in [4.78, 5) is 15.6. The molecule has 0 N–H and O–H groups in total. The number of hydrogen-bond acceptors (Lipinski definition) is 4. The Bertz CT molecular complexity index is 409. The zero-order chi connectivity index (χ0) is 12.8. The molecule has 0 bridgehead atoms. The SMILES string of the molecule is CCOC(Cn1c(C)cc(C)nc1=O)OCC. The van der Waals surface area contributed by atoms with Gasteiger partial charge in [-0.3, -0.25) is 4.57 Å². The summed E-state index contributed by atoms with van der Waals surface area (Å²) in [5, 5.41) is 0. The molecular formula is C12H20N2O3. The molecular weight excluding hydrogens is 220 g/mol. The van der Waals surface area contributed by atoms with E-state index in [0.29, 0.717) is 19.8 Å². The Kier molecular flexibility index (Phi) is 5.31. The van der Waals surface area contributed by atoms with Gasteiger partial charge in [0, 0.05) is 24.6 Å². The van der Waals surface area contributed by atoms with E-state index in [4.69, 9.17) is 9.47 Å². The van der Waals surface area contributed by atoms with Gasteiger partial charge in [-0.05, 0) is 33.8 Å². The van der Waals surface area contributed by atoms with Crippen molar-refractivity contribution in [1.82, 2.24) is 9.55 Å². The van der Waals surface area contributed by atoms with E-state index in [1.165, 1.54) is 0 Å². The van der Waals surface area contributed by atoms with Gasteiger partial charge in [-0.25, -0.2) is 4.79 Å². The van der Waals surface area contributed by atoms with Crippen LogP contribution in [0.3, 0.4) is 0 Å². The standard InChI is InChI=1S/C12H20N2O3/c1-5-16-11(17-6-2)8-14-10(4)7-9(3)13-12(14)15/h7,11H,5-6,8H2,1-4H3. The Labute approximate surface area is 101 Å². The predicted molar refractivity (Wildman–Crippen MR) is 65.0 cm³/mol. The number of aryl methyl sites for hydroxylation is 2. The molecule has 96 valence electrons. The fraction of sp³-hybridized carbons (Fsp3) is 0.667. The Morgan fingerprint density at radius 3 is 2.35 bits per heavy atom. The number of hydrogen-bond donors (Lipinski definition) is 0. The molecule has 0 unspecified atom stereocenters. The van der Waals surface area contributed by atoms with Gasteiger partial charge in [0.15, 0.2) is 6.29 Å². The van der Waals surface area contributed by atoms with E-state index in [0.717, 1.165) is 11.4 Å². The van der Waals surface area contributed by atoms with Gasteiger partial charge in [-0.1, -0.05) is 0 Å². The van der Waals surface area contributed by atoms with Gasteiger partial charge in [-0.2, -0.15) is 4.98 Å². The van der Waals surface area contributed by atoms with Crippen molar-refractivity contribution in [3.8, 4) is 0 Å². The van der Waals surface area contributed by atoms with Crippen molar-refractivity contribution in [3.63, 3.8) is 0 Å². The Hall–Kier alpha value is -1.20. The van der Waals surface area contributed by atoms with Crippen LogP contribution in [0.4, 0.5) is 0 Å². The minimum Gasteiger partial charge on any atom is -0.351 e. The highest BCUT2D eigenvalue weighted by atomic mass is 16.7. The Morgan fingerprint density at radius 2 is 1.88 bits per heavy atom. The maximum Gasteiger partial charge on any atom is 0.348 e. The molecule has 0 amide bonds. The van der Waals surface area contributed by atoms with Crippen molar-refractivity contribution in [2.45, 2.75) is 40.5 Å². The normalized spacial score (nSPS) is 11.1. The molecule has 0 aliphatic rings. The van der Waals surface area contributed by atoms with Crippen molar-refractivity contribution in [3.05, 3.63) is 27.9 Å². The first-order valence-corrected chi connectivity index (χ1v) is 5.86. The van der Waals surface area contributed by atoms with Gasteiger partial charge in [0.2, 0.25) is 0 Å². The lowest BCUT2D eigenvalue weighted by Crippen LogP contribution is -2.33. The van der Waals surface area contributed by atoms with E-state index in [2.05, 4.69) is 4.98 Å². The van der Waals surface area contributed by atoms with Crippen LogP contribution in [0.25, 0.3) is 0 Å². The zero-order valence-electron chi connectivity index (χ0n) is 10.9. The van der Waals surface area contributed by atoms with Crippen LogP contribution in [0.15, 0.2) is 10.9 Å². The summed E-state index contributed by atoms with van der Waals surface area (Å²) in [5.74, 6) is 0. The molecule has 0 atom stereocenters. The van der Waals surface area contributed by atoms with Crippen molar-refractivity contribution >= 4 is 0 Å². The van der Waals surface area contributed by atoms with Crippen LogP contribution in [0.5, 0.6) is 0 Å². The van der Waals surface area contributed by atoms with Crippen LogP contribution in [-0.4, -0.2) is 29.1 Å². The van der Waals surface area contributed by atoms with E-state index in [1.807, 2.05) is 26.8 Å². The lowest BCUT2D eigenvalue weighted by Gasteiger charge is -2.19. The van der Waals surface area contributed by atoms with Crippen LogP contribution >= 0.6 is 0 Å². The summed E-state index contributed by atoms with van der Waals surface area (Å²) < 4.78 is 12.4. The van der Waals surface area contributed by atoms with Gasteiger partial charge < -0.3 is 9.47 Å².